The summed E-state index contributed by atoms with van der Waals surface area (Å²) in [6, 6.07) is 3.52. The van der Waals surface area contributed by atoms with Gasteiger partial charge in [0.2, 0.25) is 11.8 Å². The molecule has 0 saturated carbocycles. The molecular formula is C35H49F2N9O6. The zero-order valence-electron chi connectivity index (χ0n) is 30.4. The number of aromatic nitrogens is 2. The number of hydrogen-bond donors (Lipinski definition) is 4. The molecule has 15 nitrogen and oxygen atoms in total. The Bertz CT molecular complexity index is 1620. The summed E-state index contributed by atoms with van der Waals surface area (Å²) in [6.07, 6.45) is 4.19. The Balaban J connectivity index is 1.11. The smallest absolute Gasteiger partial charge is 0.251 e. The van der Waals surface area contributed by atoms with Crippen molar-refractivity contribution in [1.29, 1.82) is 0 Å². The number of nitrogens with zero attached hydrogens (tertiary/aromatic N) is 5. The molecule has 1 aromatic carbocycles. The van der Waals surface area contributed by atoms with Gasteiger partial charge in [0.05, 0.1) is 29.2 Å². The molecule has 0 radical (unpaired) electrons. The van der Waals surface area contributed by atoms with E-state index in [0.29, 0.717) is 70.5 Å². The number of halogens is 2. The normalized spacial score (nSPS) is 19.5. The standard InChI is InChI=1S/C35H49F2N9O6/c1-33(2,3)27(19-47)41-31(49)20-51-52-43-32(50)34(4)6-10-44(11-7-34)17-23-14-25(37)26(15-24(23)36)46-18-30(48)42-35(21-46)8-12-45(13-9-35)29-16-28(38-5)39-22-40-29/h14-16,19,22,27H,6-13,17-18,20-21H2,1-5H3,(H,41,49)(H,42,48)(H,43,50)(H,38,39,40). The lowest BCUT2D eigenvalue weighted by atomic mass is 9.79. The molecule has 3 aliphatic heterocycles. The number of amides is 3. The third-order valence-electron chi connectivity index (χ3n) is 10.3. The number of nitrogens with one attached hydrogen (secondary N) is 4. The molecule has 3 amide bonds. The first-order valence-corrected chi connectivity index (χ1v) is 17.5. The fraction of sp³-hybridized carbons (Fsp3) is 0.600. The number of piperazine rings is 1. The highest BCUT2D eigenvalue weighted by molar-refractivity contribution is 5.84. The van der Waals surface area contributed by atoms with E-state index in [2.05, 4.69) is 36.3 Å². The topological polar surface area (TPSA) is 170 Å². The quantitative estimate of drug-likeness (QED) is 0.109. The molecule has 5 rings (SSSR count). The highest BCUT2D eigenvalue weighted by Crippen LogP contribution is 2.35. The van der Waals surface area contributed by atoms with Gasteiger partial charge in [0, 0.05) is 50.9 Å². The second kappa shape index (κ2) is 16.0. The van der Waals surface area contributed by atoms with Crippen LogP contribution in [0.2, 0.25) is 0 Å². The molecule has 3 saturated heterocycles. The first-order chi connectivity index (χ1) is 24.6. The van der Waals surface area contributed by atoms with Crippen LogP contribution in [0.25, 0.3) is 0 Å². The zero-order chi connectivity index (χ0) is 37.7. The average Bonchev–Trinajstić information content (AvgIpc) is 3.10. The fourth-order valence-electron chi connectivity index (χ4n) is 6.80. The van der Waals surface area contributed by atoms with Crippen LogP contribution in [0.4, 0.5) is 26.1 Å². The Hall–Kier alpha value is -4.48. The van der Waals surface area contributed by atoms with Gasteiger partial charge >= 0.3 is 0 Å². The Morgan fingerprint density at radius 2 is 1.75 bits per heavy atom. The van der Waals surface area contributed by atoms with Crippen molar-refractivity contribution in [1.82, 2.24) is 31.0 Å². The highest BCUT2D eigenvalue weighted by atomic mass is 19.1. The predicted molar refractivity (Wildman–Crippen MR) is 188 cm³/mol. The fourth-order valence-corrected chi connectivity index (χ4v) is 6.80. The molecule has 3 aliphatic rings. The van der Waals surface area contributed by atoms with Gasteiger partial charge in [0.15, 0.2) is 6.61 Å². The molecule has 3 fully saturated rings. The van der Waals surface area contributed by atoms with Gasteiger partial charge in [-0.3, -0.25) is 19.3 Å². The summed E-state index contributed by atoms with van der Waals surface area (Å²) in [5.74, 6) is -0.958. The highest BCUT2D eigenvalue weighted by Gasteiger charge is 2.42. The summed E-state index contributed by atoms with van der Waals surface area (Å²) in [7, 11) is 1.79. The molecule has 0 aliphatic carbocycles. The van der Waals surface area contributed by atoms with E-state index in [1.807, 2.05) is 11.0 Å². The first kappa shape index (κ1) is 38.7. The summed E-state index contributed by atoms with van der Waals surface area (Å²) >= 11 is 0. The maximum absolute atomic E-state index is 15.7. The van der Waals surface area contributed by atoms with Crippen LogP contribution in [0.3, 0.4) is 0 Å². The minimum absolute atomic E-state index is 0.0488. The van der Waals surface area contributed by atoms with Gasteiger partial charge in [0.25, 0.3) is 5.91 Å². The molecule has 4 heterocycles. The van der Waals surface area contributed by atoms with Crippen molar-refractivity contribution < 1.29 is 37.8 Å². The van der Waals surface area contributed by atoms with Crippen LogP contribution in [-0.4, -0.2) is 103 Å². The lowest BCUT2D eigenvalue weighted by Gasteiger charge is -2.48. The third-order valence-corrected chi connectivity index (χ3v) is 10.3. The van der Waals surface area contributed by atoms with Crippen LogP contribution in [0.15, 0.2) is 24.5 Å². The summed E-state index contributed by atoms with van der Waals surface area (Å²) in [4.78, 5) is 72.9. The summed E-state index contributed by atoms with van der Waals surface area (Å²) in [5, 5.41) is 8.67. The van der Waals surface area contributed by atoms with Gasteiger partial charge in [-0.2, -0.15) is 0 Å². The van der Waals surface area contributed by atoms with Gasteiger partial charge in [0.1, 0.15) is 35.9 Å². The van der Waals surface area contributed by atoms with E-state index in [0.717, 1.165) is 5.82 Å². The van der Waals surface area contributed by atoms with Crippen LogP contribution in [0.1, 0.15) is 58.9 Å². The number of likely N-dealkylation sites (tertiary alicyclic amines) is 1. The summed E-state index contributed by atoms with van der Waals surface area (Å²) in [6.45, 7) is 9.20. The number of benzene rings is 1. The van der Waals surface area contributed by atoms with Gasteiger partial charge in [-0.15, -0.1) is 4.99 Å². The Labute approximate surface area is 302 Å². The van der Waals surface area contributed by atoms with Crippen LogP contribution >= 0.6 is 0 Å². The van der Waals surface area contributed by atoms with Crippen molar-refractivity contribution in [3.63, 3.8) is 0 Å². The van der Waals surface area contributed by atoms with Crippen molar-refractivity contribution >= 4 is 41.3 Å². The average molecular weight is 730 g/mol. The van der Waals surface area contributed by atoms with Crippen LogP contribution in [-0.2, 0) is 35.6 Å². The van der Waals surface area contributed by atoms with Gasteiger partial charge in [-0.25, -0.2) is 29.1 Å². The number of carbonyl (C=O) groups excluding carboxylic acids is 4. The molecule has 2 aromatic rings. The second-order valence-electron chi connectivity index (χ2n) is 15.2. The number of hydroxylamine groups is 1. The van der Waals surface area contributed by atoms with Crippen molar-refractivity contribution in [2.75, 3.05) is 68.0 Å². The van der Waals surface area contributed by atoms with Gasteiger partial charge in [-0.05, 0) is 50.3 Å². The van der Waals surface area contributed by atoms with Gasteiger partial charge < -0.3 is 30.5 Å². The number of anilines is 3. The van der Waals surface area contributed by atoms with E-state index in [1.54, 1.807) is 39.6 Å². The Morgan fingerprint density at radius 3 is 2.40 bits per heavy atom. The lowest BCUT2D eigenvalue weighted by molar-refractivity contribution is -0.325. The molecule has 17 heteroatoms. The Morgan fingerprint density at radius 1 is 1.04 bits per heavy atom. The molecule has 1 unspecified atom stereocenters. The second-order valence-corrected chi connectivity index (χ2v) is 15.2. The van der Waals surface area contributed by atoms with Gasteiger partial charge in [-0.1, -0.05) is 27.7 Å². The van der Waals surface area contributed by atoms with E-state index in [9.17, 15) is 19.2 Å². The maximum Gasteiger partial charge on any atom is 0.251 e. The molecule has 0 bridgehead atoms. The molecule has 1 spiro atoms. The number of hydrogen-bond acceptors (Lipinski definition) is 12. The van der Waals surface area contributed by atoms with Crippen molar-refractivity contribution in [2.45, 2.75) is 71.5 Å². The Kier molecular flexibility index (Phi) is 12.0. The minimum atomic E-state index is -0.823. The number of carbonyl (C=O) groups is 4. The predicted octanol–water partition coefficient (Wildman–Crippen LogP) is 2.08. The van der Waals surface area contributed by atoms with Crippen LogP contribution < -0.4 is 31.2 Å². The van der Waals surface area contributed by atoms with Crippen molar-refractivity contribution in [2.24, 2.45) is 10.8 Å². The molecular weight excluding hydrogens is 680 g/mol. The zero-order valence-corrected chi connectivity index (χ0v) is 30.4. The SMILES string of the molecule is CNc1cc(N2CCC3(CC2)CN(c2cc(F)c(CN4CCC(C)(C(=O)NOOCC(=O)NC(C=O)C(C)(C)C)CC4)cc2F)CC(=O)N3)ncn1. The monoisotopic (exact) mass is 729 g/mol. The molecule has 284 valence electrons. The molecule has 1 atom stereocenters. The first-order valence-electron chi connectivity index (χ1n) is 17.5. The number of aldehydes is 1. The summed E-state index contributed by atoms with van der Waals surface area (Å²) < 4.78 is 31.2. The maximum atomic E-state index is 15.7. The summed E-state index contributed by atoms with van der Waals surface area (Å²) in [5.41, 5.74) is 0.564. The van der Waals surface area contributed by atoms with Crippen LogP contribution in [0.5, 0.6) is 0 Å². The van der Waals surface area contributed by atoms with E-state index in [-0.39, 0.29) is 30.2 Å². The van der Waals surface area contributed by atoms with E-state index >= 15 is 8.78 Å². The molecule has 4 N–H and O–H groups in total. The van der Waals surface area contributed by atoms with Crippen molar-refractivity contribution in [3.05, 3.63) is 41.7 Å². The largest absolute Gasteiger partial charge is 0.373 e. The molecule has 1 aromatic heterocycles. The van der Waals surface area contributed by atoms with E-state index in [1.165, 1.54) is 18.5 Å². The third kappa shape index (κ3) is 9.30. The molecule has 52 heavy (non-hydrogen) atoms. The lowest BCUT2D eigenvalue weighted by Crippen LogP contribution is -2.66. The number of piperidine rings is 2. The van der Waals surface area contributed by atoms with E-state index < -0.39 is 52.5 Å². The van der Waals surface area contributed by atoms with Crippen molar-refractivity contribution in [3.8, 4) is 0 Å². The van der Waals surface area contributed by atoms with E-state index in [4.69, 9.17) is 9.88 Å². The number of rotatable bonds is 12. The van der Waals surface area contributed by atoms with Crippen LogP contribution in [0, 0.1) is 22.5 Å². The minimum Gasteiger partial charge on any atom is -0.373 e.